The quantitative estimate of drug-likeness (QED) is 0.639. The van der Waals surface area contributed by atoms with Gasteiger partial charge in [-0.1, -0.05) is 54.6 Å². The topological polar surface area (TPSA) is 72.2 Å². The number of hydrogen-bond donors (Lipinski definition) is 2. The molecule has 4 nitrogen and oxygen atoms in total. The van der Waals surface area contributed by atoms with Crippen molar-refractivity contribution in [2.45, 2.75) is 11.5 Å². The number of nitrogens with two attached hydrogens (primary N) is 1. The summed E-state index contributed by atoms with van der Waals surface area (Å²) in [5.41, 5.74) is 9.04. The van der Waals surface area contributed by atoms with Gasteiger partial charge >= 0.3 is 0 Å². The predicted molar refractivity (Wildman–Crippen MR) is 111 cm³/mol. The first-order valence-electron chi connectivity index (χ1n) is 8.54. The molecule has 136 valence electrons. The van der Waals surface area contributed by atoms with Crippen LogP contribution in [0.4, 0.5) is 5.69 Å². The number of carbonyl (C=O) groups is 2. The van der Waals surface area contributed by atoms with Gasteiger partial charge in [0, 0.05) is 17.1 Å². The van der Waals surface area contributed by atoms with Gasteiger partial charge in [0.1, 0.15) is 0 Å². The van der Waals surface area contributed by atoms with Crippen molar-refractivity contribution in [1.29, 1.82) is 0 Å². The Kier molecular flexibility index (Phi) is 6.28. The van der Waals surface area contributed by atoms with E-state index in [1.165, 1.54) is 5.56 Å². The zero-order valence-corrected chi connectivity index (χ0v) is 15.5. The van der Waals surface area contributed by atoms with Gasteiger partial charge < -0.3 is 11.1 Å². The fraction of sp³-hybridized carbons (Fsp3) is 0.0909. The van der Waals surface area contributed by atoms with E-state index in [9.17, 15) is 9.59 Å². The van der Waals surface area contributed by atoms with Crippen LogP contribution in [0.2, 0.25) is 0 Å². The van der Waals surface area contributed by atoms with E-state index in [1.54, 1.807) is 36.4 Å². The maximum absolute atomic E-state index is 12.4. The van der Waals surface area contributed by atoms with Crippen molar-refractivity contribution in [1.82, 2.24) is 0 Å². The molecule has 2 amide bonds. The van der Waals surface area contributed by atoms with Gasteiger partial charge in [-0.05, 0) is 35.4 Å². The number of para-hydroxylation sites is 1. The van der Waals surface area contributed by atoms with Gasteiger partial charge in [0.05, 0.1) is 11.3 Å². The summed E-state index contributed by atoms with van der Waals surface area (Å²) in [4.78, 5) is 23.9. The molecule has 0 atom stereocenters. The first-order chi connectivity index (χ1) is 13.1. The van der Waals surface area contributed by atoms with Crippen molar-refractivity contribution < 1.29 is 9.59 Å². The van der Waals surface area contributed by atoms with Crippen LogP contribution in [0.15, 0.2) is 78.9 Å². The summed E-state index contributed by atoms with van der Waals surface area (Å²) in [6.07, 6.45) is 0. The second kappa shape index (κ2) is 9.05. The molecule has 0 heterocycles. The lowest BCUT2D eigenvalue weighted by Gasteiger charge is -2.09. The van der Waals surface area contributed by atoms with E-state index in [4.69, 9.17) is 5.73 Å². The van der Waals surface area contributed by atoms with Crippen LogP contribution >= 0.6 is 11.8 Å². The number of benzene rings is 3. The molecule has 27 heavy (non-hydrogen) atoms. The average Bonchev–Trinajstić information content (AvgIpc) is 2.69. The molecule has 0 saturated heterocycles. The van der Waals surface area contributed by atoms with Crippen LogP contribution < -0.4 is 11.1 Å². The van der Waals surface area contributed by atoms with Crippen LogP contribution in [0.3, 0.4) is 0 Å². The molecule has 0 spiro atoms. The predicted octanol–water partition coefficient (Wildman–Crippen LogP) is 4.47. The molecule has 0 bridgehead atoms. The average molecular weight is 376 g/mol. The third-order valence-corrected chi connectivity index (χ3v) is 5.11. The van der Waals surface area contributed by atoms with Crippen molar-refractivity contribution in [3.63, 3.8) is 0 Å². The highest BCUT2D eigenvalue weighted by Gasteiger charge is 2.11. The number of thioether (sulfide) groups is 1. The Labute approximate surface area is 162 Å². The molecule has 5 heteroatoms. The molecular formula is C22H20N2O2S. The summed E-state index contributed by atoms with van der Waals surface area (Å²) < 4.78 is 0. The molecule has 0 aliphatic rings. The number of carbonyl (C=O) groups excluding carboxylic acids is 2. The molecule has 0 aliphatic heterocycles. The minimum absolute atomic E-state index is 0.271. The Balaban J connectivity index is 1.58. The standard InChI is InChI=1S/C22H20N2O2S/c23-21(25)19-8-4-5-9-20(19)24-22(26)18-12-10-17(11-13-18)15-27-14-16-6-2-1-3-7-16/h1-13H,14-15H2,(H2,23,25)(H,24,26). The minimum atomic E-state index is -0.573. The van der Waals surface area contributed by atoms with Gasteiger partial charge in [0.15, 0.2) is 0 Å². The summed E-state index contributed by atoms with van der Waals surface area (Å²) in [5, 5.41) is 2.75. The first kappa shape index (κ1) is 18.7. The highest BCUT2D eigenvalue weighted by molar-refractivity contribution is 7.97. The van der Waals surface area contributed by atoms with Crippen LogP contribution in [-0.4, -0.2) is 11.8 Å². The van der Waals surface area contributed by atoms with Gasteiger partial charge in [-0.25, -0.2) is 0 Å². The van der Waals surface area contributed by atoms with Crippen LogP contribution in [0, 0.1) is 0 Å². The smallest absolute Gasteiger partial charge is 0.255 e. The van der Waals surface area contributed by atoms with Crippen molar-refractivity contribution in [3.8, 4) is 0 Å². The lowest BCUT2D eigenvalue weighted by molar-refractivity contribution is 0.100. The summed E-state index contributed by atoms with van der Waals surface area (Å²) in [5.74, 6) is 0.984. The fourth-order valence-corrected chi connectivity index (χ4v) is 3.57. The number of amides is 2. The van der Waals surface area contributed by atoms with E-state index in [0.717, 1.165) is 17.1 Å². The second-order valence-electron chi connectivity index (χ2n) is 6.04. The molecule has 0 fully saturated rings. The number of anilines is 1. The number of primary amides is 1. The number of rotatable bonds is 7. The van der Waals surface area contributed by atoms with E-state index in [-0.39, 0.29) is 5.91 Å². The maximum Gasteiger partial charge on any atom is 0.255 e. The van der Waals surface area contributed by atoms with Gasteiger partial charge in [-0.2, -0.15) is 11.8 Å². The fourth-order valence-electron chi connectivity index (χ4n) is 2.61. The van der Waals surface area contributed by atoms with Gasteiger partial charge in [-0.15, -0.1) is 0 Å². The highest BCUT2D eigenvalue weighted by atomic mass is 32.2. The highest BCUT2D eigenvalue weighted by Crippen LogP contribution is 2.19. The van der Waals surface area contributed by atoms with Gasteiger partial charge in [0.25, 0.3) is 11.8 Å². The zero-order chi connectivity index (χ0) is 19.1. The molecule has 0 saturated carbocycles. The molecule has 3 rings (SSSR count). The monoisotopic (exact) mass is 376 g/mol. The van der Waals surface area contributed by atoms with Crippen LogP contribution in [0.25, 0.3) is 0 Å². The summed E-state index contributed by atoms with van der Waals surface area (Å²) in [6.45, 7) is 0. The Morgan fingerprint density at radius 1 is 0.778 bits per heavy atom. The lowest BCUT2D eigenvalue weighted by atomic mass is 10.1. The van der Waals surface area contributed by atoms with Crippen molar-refractivity contribution in [2.75, 3.05) is 5.32 Å². The molecule has 0 unspecified atom stereocenters. The van der Waals surface area contributed by atoms with Gasteiger partial charge in [-0.3, -0.25) is 9.59 Å². The van der Waals surface area contributed by atoms with Crippen LogP contribution in [-0.2, 0) is 11.5 Å². The summed E-state index contributed by atoms with van der Waals surface area (Å²) >= 11 is 1.83. The number of nitrogens with one attached hydrogen (secondary N) is 1. The largest absolute Gasteiger partial charge is 0.366 e. The minimum Gasteiger partial charge on any atom is -0.366 e. The Hall–Kier alpha value is -3.05. The van der Waals surface area contributed by atoms with E-state index in [2.05, 4.69) is 17.4 Å². The van der Waals surface area contributed by atoms with Crippen molar-refractivity contribution >= 4 is 29.3 Å². The number of hydrogen-bond acceptors (Lipinski definition) is 3. The first-order valence-corrected chi connectivity index (χ1v) is 9.70. The lowest BCUT2D eigenvalue weighted by Crippen LogP contribution is -2.18. The summed E-state index contributed by atoms with van der Waals surface area (Å²) in [6, 6.07) is 24.5. The Morgan fingerprint density at radius 2 is 1.37 bits per heavy atom. The summed E-state index contributed by atoms with van der Waals surface area (Å²) in [7, 11) is 0. The normalized spacial score (nSPS) is 10.4. The molecule has 3 aromatic rings. The van der Waals surface area contributed by atoms with E-state index in [1.807, 2.05) is 42.1 Å². The SMILES string of the molecule is NC(=O)c1ccccc1NC(=O)c1ccc(CSCc2ccccc2)cc1. The van der Waals surface area contributed by atoms with E-state index >= 15 is 0 Å². The maximum atomic E-state index is 12.4. The zero-order valence-electron chi connectivity index (χ0n) is 14.7. The Morgan fingerprint density at radius 3 is 2.04 bits per heavy atom. The molecule has 0 aromatic heterocycles. The second-order valence-corrected chi connectivity index (χ2v) is 7.02. The molecule has 0 aliphatic carbocycles. The molecule has 3 aromatic carbocycles. The molecule has 3 N–H and O–H groups in total. The van der Waals surface area contributed by atoms with Crippen LogP contribution in [0.5, 0.6) is 0 Å². The van der Waals surface area contributed by atoms with E-state index < -0.39 is 5.91 Å². The van der Waals surface area contributed by atoms with Crippen molar-refractivity contribution in [3.05, 3.63) is 101 Å². The van der Waals surface area contributed by atoms with Crippen LogP contribution in [0.1, 0.15) is 31.8 Å². The molecular weight excluding hydrogens is 356 g/mol. The third-order valence-electron chi connectivity index (χ3n) is 4.04. The molecule has 0 radical (unpaired) electrons. The van der Waals surface area contributed by atoms with Crippen molar-refractivity contribution in [2.24, 2.45) is 5.73 Å². The van der Waals surface area contributed by atoms with E-state index in [0.29, 0.717) is 16.8 Å². The Bertz CT molecular complexity index is 925. The van der Waals surface area contributed by atoms with Gasteiger partial charge in [0.2, 0.25) is 0 Å². The third kappa shape index (κ3) is 5.21.